The Kier molecular flexibility index (Phi) is 5.02. The number of hydrogen-bond acceptors (Lipinski definition) is 5. The Hall–Kier alpha value is -3.46. The van der Waals surface area contributed by atoms with E-state index in [2.05, 4.69) is 15.6 Å². The van der Waals surface area contributed by atoms with Crippen LogP contribution in [0.3, 0.4) is 0 Å². The molecule has 28 heavy (non-hydrogen) atoms. The zero-order valence-corrected chi connectivity index (χ0v) is 16.0. The quantitative estimate of drug-likeness (QED) is 0.690. The van der Waals surface area contributed by atoms with Gasteiger partial charge in [0.1, 0.15) is 11.3 Å². The highest BCUT2D eigenvalue weighted by Crippen LogP contribution is 2.26. The Morgan fingerprint density at radius 1 is 1.04 bits per heavy atom. The molecule has 0 saturated heterocycles. The largest absolute Gasteiger partial charge is 0.332 e. The van der Waals surface area contributed by atoms with Gasteiger partial charge in [0.2, 0.25) is 5.91 Å². The molecule has 9 nitrogen and oxygen atoms in total. The molecule has 0 spiro atoms. The van der Waals surface area contributed by atoms with Gasteiger partial charge in [0, 0.05) is 26.7 Å². The number of nitrogens with zero attached hydrogens (tertiary/aromatic N) is 3. The summed E-state index contributed by atoms with van der Waals surface area (Å²) >= 11 is 6.11. The molecule has 3 aromatic rings. The van der Waals surface area contributed by atoms with Crippen LogP contribution in [0.25, 0.3) is 11.0 Å². The maximum atomic E-state index is 12.6. The lowest BCUT2D eigenvalue weighted by atomic mass is 10.2. The second kappa shape index (κ2) is 7.28. The highest BCUT2D eigenvalue weighted by molar-refractivity contribution is 6.34. The van der Waals surface area contributed by atoms with E-state index in [4.69, 9.17) is 11.6 Å². The molecule has 2 aromatic heterocycles. The highest BCUT2D eigenvalue weighted by atomic mass is 35.5. The van der Waals surface area contributed by atoms with Crippen LogP contribution in [0.2, 0.25) is 5.02 Å². The van der Waals surface area contributed by atoms with Gasteiger partial charge in [-0.2, -0.15) is 0 Å². The average Bonchev–Trinajstić information content (AvgIpc) is 2.66. The fourth-order valence-corrected chi connectivity index (χ4v) is 2.83. The third-order valence-corrected chi connectivity index (χ3v) is 4.40. The van der Waals surface area contributed by atoms with Crippen molar-refractivity contribution in [2.45, 2.75) is 6.92 Å². The van der Waals surface area contributed by atoms with E-state index in [1.807, 2.05) is 0 Å². The molecule has 2 amide bonds. The van der Waals surface area contributed by atoms with Crippen molar-refractivity contribution >= 4 is 45.8 Å². The first-order valence-electron chi connectivity index (χ1n) is 8.14. The molecular weight excluding hydrogens is 386 g/mol. The van der Waals surface area contributed by atoms with Crippen LogP contribution < -0.4 is 21.9 Å². The van der Waals surface area contributed by atoms with E-state index in [1.54, 1.807) is 6.07 Å². The molecular formula is C18H16ClN5O4. The summed E-state index contributed by atoms with van der Waals surface area (Å²) in [6.45, 7) is 1.36. The minimum Gasteiger partial charge on any atom is -0.326 e. The van der Waals surface area contributed by atoms with Crippen molar-refractivity contribution in [2.75, 3.05) is 10.6 Å². The highest BCUT2D eigenvalue weighted by Gasteiger charge is 2.15. The Balaban J connectivity index is 2.00. The molecule has 0 aliphatic rings. The van der Waals surface area contributed by atoms with Crippen LogP contribution in [0.4, 0.5) is 11.4 Å². The molecule has 1 aromatic carbocycles. The summed E-state index contributed by atoms with van der Waals surface area (Å²) < 4.78 is 2.16. The van der Waals surface area contributed by atoms with E-state index in [1.165, 1.54) is 49.9 Å². The van der Waals surface area contributed by atoms with Crippen molar-refractivity contribution < 1.29 is 9.59 Å². The van der Waals surface area contributed by atoms with Gasteiger partial charge >= 0.3 is 5.69 Å². The van der Waals surface area contributed by atoms with Crippen LogP contribution in [-0.4, -0.2) is 25.9 Å². The molecule has 0 unspecified atom stereocenters. The SMILES string of the molecule is CC(=O)Nc1ccc(Cl)c(NC(=O)c2ccc3c(=O)n(C)c(=O)n(C)c3n2)c1. The lowest BCUT2D eigenvalue weighted by molar-refractivity contribution is -0.114. The number of pyridine rings is 1. The van der Waals surface area contributed by atoms with Gasteiger partial charge in [0.15, 0.2) is 0 Å². The molecule has 0 saturated carbocycles. The molecule has 2 heterocycles. The van der Waals surface area contributed by atoms with E-state index in [0.29, 0.717) is 5.69 Å². The van der Waals surface area contributed by atoms with Crippen molar-refractivity contribution in [3.05, 3.63) is 61.9 Å². The maximum Gasteiger partial charge on any atom is 0.332 e. The number of carbonyl (C=O) groups excluding carboxylic acids is 2. The topological polar surface area (TPSA) is 115 Å². The van der Waals surface area contributed by atoms with Gasteiger partial charge < -0.3 is 10.6 Å². The van der Waals surface area contributed by atoms with Gasteiger partial charge in [-0.05, 0) is 30.3 Å². The first kappa shape index (κ1) is 19.3. The van der Waals surface area contributed by atoms with Crippen molar-refractivity contribution in [1.29, 1.82) is 0 Å². The summed E-state index contributed by atoms with van der Waals surface area (Å²) in [5, 5.41) is 5.69. The van der Waals surface area contributed by atoms with Gasteiger partial charge in [0.25, 0.3) is 11.5 Å². The number of benzene rings is 1. The number of rotatable bonds is 3. The van der Waals surface area contributed by atoms with Gasteiger partial charge in [-0.15, -0.1) is 0 Å². The van der Waals surface area contributed by atoms with Gasteiger partial charge in [-0.1, -0.05) is 11.6 Å². The van der Waals surface area contributed by atoms with E-state index >= 15 is 0 Å². The minimum absolute atomic E-state index is 0.00301. The standard InChI is InChI=1S/C18H16ClN5O4/c1-9(25)20-10-4-6-12(19)14(8-10)22-16(26)13-7-5-11-15(21-13)23(2)18(28)24(3)17(11)27/h4-8H,1-3H3,(H,20,25)(H,22,26). The molecule has 3 rings (SSSR count). The number of carbonyl (C=O) groups is 2. The smallest absolute Gasteiger partial charge is 0.326 e. The number of aromatic nitrogens is 3. The van der Waals surface area contributed by atoms with Gasteiger partial charge in [0.05, 0.1) is 16.1 Å². The predicted octanol–water partition coefficient (Wildman–Crippen LogP) is 1.50. The maximum absolute atomic E-state index is 12.6. The molecule has 0 radical (unpaired) electrons. The number of anilines is 2. The fourth-order valence-electron chi connectivity index (χ4n) is 2.67. The van der Waals surface area contributed by atoms with E-state index < -0.39 is 17.2 Å². The first-order valence-corrected chi connectivity index (χ1v) is 8.52. The number of hydrogen-bond donors (Lipinski definition) is 2. The average molecular weight is 402 g/mol. The fraction of sp³-hybridized carbons (Fsp3) is 0.167. The normalized spacial score (nSPS) is 10.7. The molecule has 0 aliphatic heterocycles. The molecule has 10 heteroatoms. The number of amides is 2. The van der Waals surface area contributed by atoms with Crippen LogP contribution in [-0.2, 0) is 18.9 Å². The second-order valence-corrected chi connectivity index (χ2v) is 6.51. The number of halogens is 1. The summed E-state index contributed by atoms with van der Waals surface area (Å²) in [6.07, 6.45) is 0. The van der Waals surface area contributed by atoms with Gasteiger partial charge in [-0.25, -0.2) is 9.78 Å². The van der Waals surface area contributed by atoms with Crippen LogP contribution in [0.1, 0.15) is 17.4 Å². The number of aryl methyl sites for hydroxylation is 1. The molecule has 0 atom stereocenters. The van der Waals surface area contributed by atoms with Crippen LogP contribution >= 0.6 is 11.6 Å². The van der Waals surface area contributed by atoms with Crippen molar-refractivity contribution in [3.8, 4) is 0 Å². The Bertz CT molecular complexity index is 1250. The van der Waals surface area contributed by atoms with Crippen LogP contribution in [0, 0.1) is 0 Å². The predicted molar refractivity (Wildman–Crippen MR) is 106 cm³/mol. The molecule has 0 fully saturated rings. The van der Waals surface area contributed by atoms with E-state index in [0.717, 1.165) is 4.57 Å². The first-order chi connectivity index (χ1) is 13.2. The van der Waals surface area contributed by atoms with E-state index in [9.17, 15) is 19.2 Å². The Morgan fingerprint density at radius 3 is 2.43 bits per heavy atom. The summed E-state index contributed by atoms with van der Waals surface area (Å²) in [4.78, 5) is 52.2. The summed E-state index contributed by atoms with van der Waals surface area (Å²) in [5.41, 5.74) is -0.213. The van der Waals surface area contributed by atoms with Crippen molar-refractivity contribution in [3.63, 3.8) is 0 Å². The summed E-state index contributed by atoms with van der Waals surface area (Å²) in [6, 6.07) is 7.46. The zero-order chi connectivity index (χ0) is 20.6. The summed E-state index contributed by atoms with van der Waals surface area (Å²) in [5.74, 6) is -0.852. The zero-order valence-electron chi connectivity index (χ0n) is 15.2. The lowest BCUT2D eigenvalue weighted by Gasteiger charge is -2.11. The minimum atomic E-state index is -0.586. The monoisotopic (exact) mass is 401 g/mol. The summed E-state index contributed by atoms with van der Waals surface area (Å²) in [7, 11) is 2.83. The van der Waals surface area contributed by atoms with Crippen LogP contribution in [0.15, 0.2) is 39.9 Å². The molecule has 2 N–H and O–H groups in total. The van der Waals surface area contributed by atoms with Gasteiger partial charge in [-0.3, -0.25) is 23.5 Å². The third-order valence-electron chi connectivity index (χ3n) is 4.07. The van der Waals surface area contributed by atoms with Crippen molar-refractivity contribution in [1.82, 2.24) is 14.1 Å². The lowest BCUT2D eigenvalue weighted by Crippen LogP contribution is -2.37. The molecule has 0 bridgehead atoms. The molecule has 144 valence electrons. The Morgan fingerprint density at radius 2 is 1.75 bits per heavy atom. The number of fused-ring (bicyclic) bond motifs is 1. The van der Waals surface area contributed by atoms with Crippen molar-refractivity contribution in [2.24, 2.45) is 14.1 Å². The van der Waals surface area contributed by atoms with E-state index in [-0.39, 0.29) is 33.3 Å². The second-order valence-electron chi connectivity index (χ2n) is 6.10. The van der Waals surface area contributed by atoms with Crippen LogP contribution in [0.5, 0.6) is 0 Å². The number of nitrogens with one attached hydrogen (secondary N) is 2. The third kappa shape index (κ3) is 3.52. The molecule has 0 aliphatic carbocycles. The Labute approximate surface area is 163 Å².